The topological polar surface area (TPSA) is 50.8 Å². The maximum atomic E-state index is 12.4. The lowest BCUT2D eigenvalue weighted by atomic mass is 10.0. The zero-order chi connectivity index (χ0) is 16.0. The van der Waals surface area contributed by atoms with Gasteiger partial charge >= 0.3 is 0 Å². The van der Waals surface area contributed by atoms with Gasteiger partial charge in [-0.2, -0.15) is 0 Å². The number of ether oxygens (including phenoxy) is 2. The third-order valence-electron chi connectivity index (χ3n) is 3.37. The number of hydrogen-bond donors (Lipinski definition) is 1. The van der Waals surface area contributed by atoms with E-state index in [0.717, 1.165) is 12.1 Å². The Labute approximate surface area is 127 Å². The third kappa shape index (κ3) is 4.36. The highest BCUT2D eigenvalue weighted by Crippen LogP contribution is 2.28. The van der Waals surface area contributed by atoms with Gasteiger partial charge in [0, 0.05) is 13.6 Å². The first-order valence-corrected chi connectivity index (χ1v) is 7.07. The summed E-state index contributed by atoms with van der Waals surface area (Å²) in [5, 5.41) is 3.19. The van der Waals surface area contributed by atoms with Gasteiger partial charge in [0.15, 0.2) is 11.5 Å². The Kier molecular flexibility index (Phi) is 6.03. The van der Waals surface area contributed by atoms with Gasteiger partial charge in [0.25, 0.3) is 0 Å². The molecule has 118 valence electrons. The molecule has 0 aliphatic carbocycles. The molecular formula is C16H26N2O3. The molecule has 0 atom stereocenters. The third-order valence-corrected chi connectivity index (χ3v) is 3.37. The van der Waals surface area contributed by atoms with Gasteiger partial charge in [0.05, 0.1) is 19.8 Å². The Balaban J connectivity index is 2.83. The predicted molar refractivity (Wildman–Crippen MR) is 83.8 cm³/mol. The molecular weight excluding hydrogens is 268 g/mol. The molecule has 1 aromatic carbocycles. The van der Waals surface area contributed by atoms with Gasteiger partial charge in [-0.25, -0.2) is 0 Å². The zero-order valence-electron chi connectivity index (χ0n) is 13.8. The number of amides is 1. The summed E-state index contributed by atoms with van der Waals surface area (Å²) in [6, 6.07) is 5.68. The molecule has 0 fully saturated rings. The monoisotopic (exact) mass is 294 g/mol. The highest BCUT2D eigenvalue weighted by molar-refractivity contribution is 5.85. The van der Waals surface area contributed by atoms with E-state index in [0.29, 0.717) is 18.0 Å². The normalized spacial score (nSPS) is 11.1. The second kappa shape index (κ2) is 7.31. The number of nitrogens with one attached hydrogen (secondary N) is 1. The second-order valence-electron chi connectivity index (χ2n) is 5.51. The van der Waals surface area contributed by atoms with Crippen molar-refractivity contribution in [3.63, 3.8) is 0 Å². The molecule has 0 aliphatic rings. The summed E-state index contributed by atoms with van der Waals surface area (Å²) in [5.41, 5.74) is 0.427. The van der Waals surface area contributed by atoms with E-state index in [1.807, 2.05) is 39.0 Å². The molecule has 1 N–H and O–H groups in total. The van der Waals surface area contributed by atoms with Crippen LogP contribution >= 0.6 is 0 Å². The summed E-state index contributed by atoms with van der Waals surface area (Å²) in [5.74, 6) is 1.41. The van der Waals surface area contributed by atoms with E-state index in [2.05, 4.69) is 5.32 Å². The summed E-state index contributed by atoms with van der Waals surface area (Å²) in [6.07, 6.45) is 0. The standard InChI is InChI=1S/C16H26N2O3/c1-7-17-16(2,3)15(19)18(4)11-12-8-9-13(20-5)14(10-12)21-6/h8-10,17H,7,11H2,1-6H3. The van der Waals surface area contributed by atoms with Crippen LogP contribution in [0.2, 0.25) is 0 Å². The molecule has 21 heavy (non-hydrogen) atoms. The van der Waals surface area contributed by atoms with Crippen LogP contribution in [0.3, 0.4) is 0 Å². The van der Waals surface area contributed by atoms with Crippen LogP contribution in [0.25, 0.3) is 0 Å². The van der Waals surface area contributed by atoms with E-state index in [-0.39, 0.29) is 5.91 Å². The first-order chi connectivity index (χ1) is 9.85. The van der Waals surface area contributed by atoms with Crippen LogP contribution in [0.15, 0.2) is 18.2 Å². The van der Waals surface area contributed by atoms with E-state index >= 15 is 0 Å². The van der Waals surface area contributed by atoms with Gasteiger partial charge in [0.1, 0.15) is 0 Å². The second-order valence-corrected chi connectivity index (χ2v) is 5.51. The number of rotatable bonds is 7. The zero-order valence-corrected chi connectivity index (χ0v) is 13.8. The first-order valence-electron chi connectivity index (χ1n) is 7.07. The molecule has 1 amide bonds. The molecule has 0 aromatic heterocycles. The summed E-state index contributed by atoms with van der Waals surface area (Å²) in [6.45, 7) is 7.05. The Hall–Kier alpha value is -1.75. The molecule has 0 heterocycles. The van der Waals surface area contributed by atoms with Gasteiger partial charge in [0.2, 0.25) is 5.91 Å². The summed E-state index contributed by atoms with van der Waals surface area (Å²) >= 11 is 0. The smallest absolute Gasteiger partial charge is 0.242 e. The van der Waals surface area contributed by atoms with Crippen LogP contribution in [0.4, 0.5) is 0 Å². The predicted octanol–water partition coefficient (Wildman–Crippen LogP) is 2.05. The van der Waals surface area contributed by atoms with E-state index in [1.54, 1.807) is 26.2 Å². The molecule has 1 aromatic rings. The van der Waals surface area contributed by atoms with E-state index in [9.17, 15) is 4.79 Å². The number of nitrogens with zero attached hydrogens (tertiary/aromatic N) is 1. The lowest BCUT2D eigenvalue weighted by Gasteiger charge is -2.30. The van der Waals surface area contributed by atoms with Gasteiger partial charge < -0.3 is 19.7 Å². The molecule has 0 saturated heterocycles. The Morgan fingerprint density at radius 1 is 1.24 bits per heavy atom. The average Bonchev–Trinajstić information content (AvgIpc) is 2.46. The van der Waals surface area contributed by atoms with Crippen molar-refractivity contribution in [2.45, 2.75) is 32.9 Å². The van der Waals surface area contributed by atoms with Gasteiger partial charge in [-0.3, -0.25) is 4.79 Å². The van der Waals surface area contributed by atoms with Crippen molar-refractivity contribution in [2.24, 2.45) is 0 Å². The highest BCUT2D eigenvalue weighted by atomic mass is 16.5. The van der Waals surface area contributed by atoms with Gasteiger partial charge in [-0.05, 0) is 38.1 Å². The van der Waals surface area contributed by atoms with Crippen molar-refractivity contribution in [3.05, 3.63) is 23.8 Å². The van der Waals surface area contributed by atoms with Crippen LogP contribution in [-0.2, 0) is 11.3 Å². The minimum absolute atomic E-state index is 0.0548. The van der Waals surface area contributed by atoms with E-state index < -0.39 is 5.54 Å². The molecule has 0 unspecified atom stereocenters. The lowest BCUT2D eigenvalue weighted by molar-refractivity contribution is -0.136. The number of carbonyl (C=O) groups excluding carboxylic acids is 1. The molecule has 0 bridgehead atoms. The Bertz CT molecular complexity index is 486. The van der Waals surface area contributed by atoms with Crippen molar-refractivity contribution in [3.8, 4) is 11.5 Å². The number of hydrogen-bond acceptors (Lipinski definition) is 4. The van der Waals surface area contributed by atoms with Crippen LogP contribution in [0.1, 0.15) is 26.3 Å². The minimum atomic E-state index is -0.569. The summed E-state index contributed by atoms with van der Waals surface area (Å²) in [4.78, 5) is 14.2. The quantitative estimate of drug-likeness (QED) is 0.836. The highest BCUT2D eigenvalue weighted by Gasteiger charge is 2.29. The fourth-order valence-electron chi connectivity index (χ4n) is 2.32. The van der Waals surface area contributed by atoms with Crippen LogP contribution in [0, 0.1) is 0 Å². The number of carbonyl (C=O) groups is 1. The number of likely N-dealkylation sites (N-methyl/N-ethyl adjacent to an activating group) is 2. The van der Waals surface area contributed by atoms with E-state index in [4.69, 9.17) is 9.47 Å². The fraction of sp³-hybridized carbons (Fsp3) is 0.562. The van der Waals surface area contributed by atoms with Gasteiger partial charge in [-0.1, -0.05) is 13.0 Å². The molecule has 0 spiro atoms. The number of methoxy groups -OCH3 is 2. The van der Waals surface area contributed by atoms with E-state index in [1.165, 1.54) is 0 Å². The molecule has 5 nitrogen and oxygen atoms in total. The van der Waals surface area contributed by atoms with Gasteiger partial charge in [-0.15, -0.1) is 0 Å². The van der Waals surface area contributed by atoms with Crippen molar-refractivity contribution >= 4 is 5.91 Å². The summed E-state index contributed by atoms with van der Waals surface area (Å²) < 4.78 is 10.5. The van der Waals surface area contributed by atoms with Crippen molar-refractivity contribution < 1.29 is 14.3 Å². The molecule has 5 heteroatoms. The number of benzene rings is 1. The Morgan fingerprint density at radius 2 is 1.86 bits per heavy atom. The maximum Gasteiger partial charge on any atom is 0.242 e. The molecule has 0 radical (unpaired) electrons. The lowest BCUT2D eigenvalue weighted by Crippen LogP contribution is -2.52. The minimum Gasteiger partial charge on any atom is -0.493 e. The van der Waals surface area contributed by atoms with Crippen molar-refractivity contribution in [1.29, 1.82) is 0 Å². The first kappa shape index (κ1) is 17.3. The summed E-state index contributed by atoms with van der Waals surface area (Å²) in [7, 11) is 5.01. The van der Waals surface area contributed by atoms with Crippen LogP contribution in [0.5, 0.6) is 11.5 Å². The molecule has 1 rings (SSSR count). The van der Waals surface area contributed by atoms with Crippen LogP contribution < -0.4 is 14.8 Å². The molecule has 0 saturated carbocycles. The van der Waals surface area contributed by atoms with Crippen molar-refractivity contribution in [2.75, 3.05) is 27.8 Å². The Morgan fingerprint density at radius 3 is 2.38 bits per heavy atom. The van der Waals surface area contributed by atoms with Crippen LogP contribution in [-0.4, -0.2) is 44.2 Å². The largest absolute Gasteiger partial charge is 0.493 e. The SMILES string of the molecule is CCNC(C)(C)C(=O)N(C)Cc1ccc(OC)c(OC)c1. The average molecular weight is 294 g/mol. The molecule has 0 aliphatic heterocycles. The van der Waals surface area contributed by atoms with Crippen molar-refractivity contribution in [1.82, 2.24) is 10.2 Å². The fourth-order valence-corrected chi connectivity index (χ4v) is 2.32. The maximum absolute atomic E-state index is 12.4.